The van der Waals surface area contributed by atoms with Crippen LogP contribution >= 0.6 is 0 Å². The van der Waals surface area contributed by atoms with Crippen LogP contribution in [0.4, 0.5) is 5.69 Å². The van der Waals surface area contributed by atoms with Crippen molar-refractivity contribution < 1.29 is 9.59 Å². The van der Waals surface area contributed by atoms with Crippen LogP contribution in [-0.2, 0) is 4.79 Å². The first-order valence-corrected chi connectivity index (χ1v) is 10.6. The molecule has 1 aliphatic rings. The highest BCUT2D eigenvalue weighted by molar-refractivity contribution is 5.94. The van der Waals surface area contributed by atoms with E-state index in [0.717, 1.165) is 36.2 Å². The van der Waals surface area contributed by atoms with Gasteiger partial charge in [0.25, 0.3) is 0 Å². The van der Waals surface area contributed by atoms with Crippen LogP contribution in [0, 0.1) is 0 Å². The molecule has 1 aliphatic heterocycles. The molecular weight excluding hydrogens is 362 g/mol. The lowest BCUT2D eigenvalue weighted by molar-refractivity contribution is -0.116. The maximum Gasteiger partial charge on any atom is 0.248 e. The third-order valence-electron chi connectivity index (χ3n) is 5.48. The minimum Gasteiger partial charge on any atom is -0.366 e. The third kappa shape index (κ3) is 6.71. The van der Waals surface area contributed by atoms with Gasteiger partial charge in [-0.1, -0.05) is 37.1 Å². The van der Waals surface area contributed by atoms with E-state index in [-0.39, 0.29) is 5.91 Å². The zero-order chi connectivity index (χ0) is 20.5. The molecule has 1 fully saturated rings. The average molecular weight is 394 g/mol. The Morgan fingerprint density at radius 3 is 2.31 bits per heavy atom. The van der Waals surface area contributed by atoms with E-state index < -0.39 is 5.91 Å². The van der Waals surface area contributed by atoms with Gasteiger partial charge in [0.05, 0.1) is 0 Å². The summed E-state index contributed by atoms with van der Waals surface area (Å²) in [7, 11) is 0. The molecular formula is C24H31N3O2. The van der Waals surface area contributed by atoms with Gasteiger partial charge >= 0.3 is 0 Å². The van der Waals surface area contributed by atoms with Crippen molar-refractivity contribution in [1.29, 1.82) is 0 Å². The van der Waals surface area contributed by atoms with E-state index in [0.29, 0.717) is 12.0 Å². The summed E-state index contributed by atoms with van der Waals surface area (Å²) in [5, 5.41) is 2.97. The summed E-state index contributed by atoms with van der Waals surface area (Å²) in [5.74, 6) is -0.379. The molecule has 154 valence electrons. The van der Waals surface area contributed by atoms with Crippen molar-refractivity contribution in [2.45, 2.75) is 44.9 Å². The second-order valence-corrected chi connectivity index (χ2v) is 7.78. The van der Waals surface area contributed by atoms with Crippen molar-refractivity contribution in [2.24, 2.45) is 5.73 Å². The van der Waals surface area contributed by atoms with Crippen LogP contribution in [0.15, 0.2) is 48.5 Å². The van der Waals surface area contributed by atoms with Crippen LogP contribution in [0.2, 0.25) is 0 Å². The van der Waals surface area contributed by atoms with Crippen LogP contribution in [0.3, 0.4) is 0 Å². The van der Waals surface area contributed by atoms with Gasteiger partial charge in [-0.3, -0.25) is 9.59 Å². The molecule has 0 spiro atoms. The fourth-order valence-electron chi connectivity index (χ4n) is 3.80. The molecule has 0 aromatic heterocycles. The number of hydrogen-bond acceptors (Lipinski definition) is 3. The molecule has 1 heterocycles. The third-order valence-corrected chi connectivity index (χ3v) is 5.48. The van der Waals surface area contributed by atoms with E-state index in [2.05, 4.69) is 10.2 Å². The summed E-state index contributed by atoms with van der Waals surface area (Å²) < 4.78 is 0. The molecule has 5 nitrogen and oxygen atoms in total. The molecule has 0 bridgehead atoms. The Hall–Kier alpha value is -2.66. The molecule has 2 amide bonds. The second kappa shape index (κ2) is 10.8. The molecule has 0 aliphatic carbocycles. The maximum absolute atomic E-state index is 12.2. The Morgan fingerprint density at radius 2 is 1.62 bits per heavy atom. The van der Waals surface area contributed by atoms with Gasteiger partial charge in [-0.25, -0.2) is 0 Å². The lowest BCUT2D eigenvalue weighted by Crippen LogP contribution is -2.25. The van der Waals surface area contributed by atoms with Crippen molar-refractivity contribution in [2.75, 3.05) is 25.0 Å². The maximum atomic E-state index is 12.2. The molecule has 2 aromatic rings. The average Bonchev–Trinajstić information content (AvgIpc) is 3.01. The number of nitrogens with zero attached hydrogens (tertiary/aromatic N) is 1. The smallest absolute Gasteiger partial charge is 0.248 e. The number of nitrogens with one attached hydrogen (secondary N) is 1. The number of hydrogen-bond donors (Lipinski definition) is 2. The normalized spacial score (nSPS) is 14.9. The van der Waals surface area contributed by atoms with E-state index in [4.69, 9.17) is 5.73 Å². The number of benzene rings is 2. The van der Waals surface area contributed by atoms with Gasteiger partial charge in [-0.15, -0.1) is 0 Å². The van der Waals surface area contributed by atoms with Crippen LogP contribution in [-0.4, -0.2) is 36.3 Å². The van der Waals surface area contributed by atoms with Crippen molar-refractivity contribution in [1.82, 2.24) is 4.90 Å². The highest BCUT2D eigenvalue weighted by Crippen LogP contribution is 2.22. The highest BCUT2D eigenvalue weighted by Gasteiger charge is 2.09. The van der Waals surface area contributed by atoms with Gasteiger partial charge in [0.2, 0.25) is 11.8 Å². The second-order valence-electron chi connectivity index (χ2n) is 7.78. The summed E-state index contributed by atoms with van der Waals surface area (Å²) in [4.78, 5) is 26.1. The quantitative estimate of drug-likeness (QED) is 0.651. The molecule has 0 saturated carbocycles. The fourth-order valence-corrected chi connectivity index (χ4v) is 3.80. The number of anilines is 1. The van der Waals surface area contributed by atoms with Gasteiger partial charge in [0.15, 0.2) is 0 Å². The summed E-state index contributed by atoms with van der Waals surface area (Å²) in [6.07, 6.45) is 7.87. The molecule has 29 heavy (non-hydrogen) atoms. The fraction of sp³-hybridized carbons (Fsp3) is 0.417. The van der Waals surface area contributed by atoms with Crippen LogP contribution < -0.4 is 11.1 Å². The van der Waals surface area contributed by atoms with Gasteiger partial charge < -0.3 is 16.0 Å². The van der Waals surface area contributed by atoms with Crippen LogP contribution in [0.1, 0.15) is 55.3 Å². The molecule has 0 atom stereocenters. The largest absolute Gasteiger partial charge is 0.366 e. The predicted molar refractivity (Wildman–Crippen MR) is 118 cm³/mol. The minimum atomic E-state index is -0.438. The summed E-state index contributed by atoms with van der Waals surface area (Å²) >= 11 is 0. The molecule has 1 saturated heterocycles. The number of rotatable bonds is 8. The van der Waals surface area contributed by atoms with Crippen molar-refractivity contribution in [3.63, 3.8) is 0 Å². The first-order chi connectivity index (χ1) is 14.1. The number of likely N-dealkylation sites (tertiary alicyclic amines) is 1. The lowest BCUT2D eigenvalue weighted by Gasteiger charge is -2.19. The number of nitrogens with two attached hydrogens (primary N) is 1. The van der Waals surface area contributed by atoms with Crippen LogP contribution in [0.25, 0.3) is 11.1 Å². The number of carbonyl (C=O) groups excluding carboxylic acids is 2. The zero-order valence-corrected chi connectivity index (χ0v) is 17.0. The summed E-state index contributed by atoms with van der Waals surface area (Å²) in [5.41, 5.74) is 8.52. The molecule has 5 heteroatoms. The number of carbonyl (C=O) groups is 2. The van der Waals surface area contributed by atoms with Gasteiger partial charge in [-0.2, -0.15) is 0 Å². The first kappa shape index (κ1) is 21.1. The van der Waals surface area contributed by atoms with Gasteiger partial charge in [0, 0.05) is 17.7 Å². The topological polar surface area (TPSA) is 75.4 Å². The zero-order valence-electron chi connectivity index (χ0n) is 17.0. The van der Waals surface area contributed by atoms with Gasteiger partial charge in [0.1, 0.15) is 0 Å². The number of primary amides is 1. The van der Waals surface area contributed by atoms with Crippen LogP contribution in [0.5, 0.6) is 0 Å². The summed E-state index contributed by atoms with van der Waals surface area (Å²) in [6, 6.07) is 14.9. The van der Waals surface area contributed by atoms with E-state index in [1.54, 1.807) is 12.1 Å². The monoisotopic (exact) mass is 393 g/mol. The Bertz CT molecular complexity index is 809. The first-order valence-electron chi connectivity index (χ1n) is 10.6. The van der Waals surface area contributed by atoms with Crippen molar-refractivity contribution in [3.8, 4) is 11.1 Å². The SMILES string of the molecule is NC(=O)c1cccc(-c2ccc(NC(=O)CCCCN3CCCCCC3)cc2)c1. The van der Waals surface area contributed by atoms with E-state index in [1.807, 2.05) is 36.4 Å². The van der Waals surface area contributed by atoms with E-state index >= 15 is 0 Å². The molecule has 3 rings (SSSR count). The lowest BCUT2D eigenvalue weighted by atomic mass is 10.0. The van der Waals surface area contributed by atoms with Gasteiger partial charge in [-0.05, 0) is 80.7 Å². The van der Waals surface area contributed by atoms with Crippen molar-refractivity contribution in [3.05, 3.63) is 54.1 Å². The van der Waals surface area contributed by atoms with E-state index in [1.165, 1.54) is 38.8 Å². The molecule has 0 radical (unpaired) electrons. The van der Waals surface area contributed by atoms with Crippen molar-refractivity contribution >= 4 is 17.5 Å². The number of amides is 2. The Kier molecular flexibility index (Phi) is 7.82. The molecule has 3 N–H and O–H groups in total. The predicted octanol–water partition coefficient (Wildman–Crippen LogP) is 4.44. The Labute approximate surface area is 173 Å². The van der Waals surface area contributed by atoms with E-state index in [9.17, 15) is 9.59 Å². The summed E-state index contributed by atoms with van der Waals surface area (Å²) in [6.45, 7) is 3.52. The Balaban J connectivity index is 1.43. The standard InChI is InChI=1S/C24H31N3O2/c25-24(29)21-9-7-8-20(18-21)19-11-13-22(14-12-19)26-23(28)10-3-6-17-27-15-4-1-2-5-16-27/h7-9,11-14,18H,1-6,10,15-17H2,(H2,25,29)(H,26,28). The number of unbranched alkanes of at least 4 members (excludes halogenated alkanes) is 1. The molecule has 2 aromatic carbocycles. The minimum absolute atomic E-state index is 0.0596. The highest BCUT2D eigenvalue weighted by atomic mass is 16.1. The molecule has 0 unspecified atom stereocenters. The Morgan fingerprint density at radius 1 is 0.897 bits per heavy atom.